The molecule has 2 aliphatic heterocycles. The quantitative estimate of drug-likeness (QED) is 0.101. The third kappa shape index (κ3) is 11.2. The summed E-state index contributed by atoms with van der Waals surface area (Å²) in [4.78, 5) is 35.1. The Morgan fingerprint density at radius 1 is 1.03 bits per heavy atom. The van der Waals surface area contributed by atoms with Gasteiger partial charge in [-0.25, -0.2) is 4.79 Å². The van der Waals surface area contributed by atoms with Crippen molar-refractivity contribution in [3.63, 3.8) is 0 Å². The standard InChI is InChI=1S/C22H42N6O5S/c23-8-4-3-5-16(24)21(30)26-10-12-33-14-13-32-11-9-25-19(29)7-2-1-6-18-20-17(15-34-18)27-22(31)28-20/h16-18,20H,1-15,23-24H2,(H,25,29)(H,26,30)(H2,27,28,31). The zero-order chi connectivity index (χ0) is 24.6. The maximum atomic E-state index is 11.9. The van der Waals surface area contributed by atoms with E-state index in [-0.39, 0.29) is 29.9 Å². The summed E-state index contributed by atoms with van der Waals surface area (Å²) in [6, 6.07) is -0.0935. The normalized spacial score (nSPS) is 22.1. The fraction of sp³-hybridized carbons (Fsp3) is 0.864. The van der Waals surface area contributed by atoms with Crippen molar-refractivity contribution in [3.8, 4) is 0 Å². The predicted octanol–water partition coefficient (Wildman–Crippen LogP) is -0.566. The molecule has 12 heteroatoms. The van der Waals surface area contributed by atoms with E-state index in [1.165, 1.54) is 0 Å². The summed E-state index contributed by atoms with van der Waals surface area (Å²) in [5, 5.41) is 12.0. The topological polar surface area (TPSA) is 170 Å². The van der Waals surface area contributed by atoms with Crippen LogP contribution in [0.2, 0.25) is 0 Å². The van der Waals surface area contributed by atoms with Gasteiger partial charge < -0.3 is 42.2 Å². The molecule has 196 valence electrons. The molecule has 2 rings (SSSR count). The molecule has 34 heavy (non-hydrogen) atoms. The average molecular weight is 503 g/mol. The van der Waals surface area contributed by atoms with E-state index in [0.29, 0.717) is 64.2 Å². The van der Waals surface area contributed by atoms with Crippen LogP contribution in [-0.2, 0) is 19.1 Å². The molecule has 4 atom stereocenters. The van der Waals surface area contributed by atoms with Gasteiger partial charge in [-0.05, 0) is 32.2 Å². The van der Waals surface area contributed by atoms with Gasteiger partial charge in [0.15, 0.2) is 0 Å². The Hall–Kier alpha value is -1.60. The van der Waals surface area contributed by atoms with Crippen LogP contribution < -0.4 is 32.7 Å². The fourth-order valence-electron chi connectivity index (χ4n) is 3.96. The zero-order valence-electron chi connectivity index (χ0n) is 20.0. The van der Waals surface area contributed by atoms with E-state index in [9.17, 15) is 14.4 Å². The molecule has 11 nitrogen and oxygen atoms in total. The minimum atomic E-state index is -0.502. The Balaban J connectivity index is 1.33. The van der Waals surface area contributed by atoms with Crippen molar-refractivity contribution in [1.29, 1.82) is 0 Å². The molecule has 0 bridgehead atoms. The van der Waals surface area contributed by atoms with Crippen LogP contribution in [-0.4, -0.2) is 93.0 Å². The monoisotopic (exact) mass is 502 g/mol. The van der Waals surface area contributed by atoms with Crippen molar-refractivity contribution in [2.75, 3.05) is 51.8 Å². The molecule has 2 saturated heterocycles. The molecule has 4 unspecified atom stereocenters. The molecule has 2 fully saturated rings. The van der Waals surface area contributed by atoms with Crippen molar-refractivity contribution in [3.05, 3.63) is 0 Å². The molecule has 0 saturated carbocycles. The van der Waals surface area contributed by atoms with Crippen LogP contribution in [0.5, 0.6) is 0 Å². The van der Waals surface area contributed by atoms with E-state index in [2.05, 4.69) is 21.3 Å². The summed E-state index contributed by atoms with van der Waals surface area (Å²) < 4.78 is 10.9. The number of fused-ring (bicyclic) bond motifs is 1. The molecular formula is C22H42N6O5S. The van der Waals surface area contributed by atoms with Gasteiger partial charge in [-0.15, -0.1) is 0 Å². The van der Waals surface area contributed by atoms with Crippen LogP contribution in [0.25, 0.3) is 0 Å². The Bertz CT molecular complexity index is 629. The molecule has 2 aliphatic rings. The number of hydrogen-bond acceptors (Lipinski definition) is 8. The van der Waals surface area contributed by atoms with Crippen LogP contribution in [0.1, 0.15) is 44.9 Å². The zero-order valence-corrected chi connectivity index (χ0v) is 20.8. The number of carbonyl (C=O) groups excluding carboxylic acids is 3. The Morgan fingerprint density at radius 3 is 2.50 bits per heavy atom. The number of rotatable bonds is 19. The molecule has 0 aromatic carbocycles. The summed E-state index contributed by atoms with van der Waals surface area (Å²) in [5.74, 6) is 0.823. The highest BCUT2D eigenvalue weighted by Gasteiger charge is 2.42. The average Bonchev–Trinajstić information content (AvgIpc) is 3.37. The summed E-state index contributed by atoms with van der Waals surface area (Å²) in [5.41, 5.74) is 11.2. The number of nitrogens with two attached hydrogens (primary N) is 2. The second-order valence-corrected chi connectivity index (χ2v) is 9.90. The number of nitrogens with one attached hydrogen (secondary N) is 4. The first-order valence-electron chi connectivity index (χ1n) is 12.4. The highest BCUT2D eigenvalue weighted by Crippen LogP contribution is 2.33. The number of amides is 4. The minimum absolute atomic E-state index is 0.0321. The first-order valence-corrected chi connectivity index (χ1v) is 13.4. The smallest absolute Gasteiger partial charge is 0.315 e. The lowest BCUT2D eigenvalue weighted by Gasteiger charge is -2.16. The van der Waals surface area contributed by atoms with Crippen molar-refractivity contribution in [2.24, 2.45) is 11.5 Å². The van der Waals surface area contributed by atoms with Gasteiger partial charge in [-0.3, -0.25) is 9.59 Å². The number of urea groups is 1. The number of ether oxygens (including phenoxy) is 2. The highest BCUT2D eigenvalue weighted by atomic mass is 32.2. The predicted molar refractivity (Wildman–Crippen MR) is 132 cm³/mol. The van der Waals surface area contributed by atoms with Crippen LogP contribution in [0.4, 0.5) is 4.79 Å². The molecule has 0 radical (unpaired) electrons. The van der Waals surface area contributed by atoms with Crippen LogP contribution in [0.3, 0.4) is 0 Å². The lowest BCUT2D eigenvalue weighted by atomic mass is 10.0. The molecule has 0 aromatic heterocycles. The van der Waals surface area contributed by atoms with Gasteiger partial charge in [0.2, 0.25) is 11.8 Å². The second kappa shape index (κ2) is 16.9. The van der Waals surface area contributed by atoms with Gasteiger partial charge in [-0.2, -0.15) is 11.8 Å². The largest absolute Gasteiger partial charge is 0.377 e. The summed E-state index contributed by atoms with van der Waals surface area (Å²) in [6.07, 6.45) is 5.67. The van der Waals surface area contributed by atoms with Crippen LogP contribution >= 0.6 is 11.8 Å². The van der Waals surface area contributed by atoms with Crippen molar-refractivity contribution >= 4 is 29.6 Å². The highest BCUT2D eigenvalue weighted by molar-refractivity contribution is 8.00. The first-order chi connectivity index (χ1) is 16.5. The summed E-state index contributed by atoms with van der Waals surface area (Å²) in [7, 11) is 0. The third-order valence-electron chi connectivity index (χ3n) is 5.87. The van der Waals surface area contributed by atoms with Crippen LogP contribution in [0.15, 0.2) is 0 Å². The molecular weight excluding hydrogens is 460 g/mol. The number of thioether (sulfide) groups is 1. The van der Waals surface area contributed by atoms with E-state index in [1.54, 1.807) is 0 Å². The molecule has 4 amide bonds. The SMILES string of the molecule is NCCCCC(N)C(=O)NCCOCCOCCNC(=O)CCCCC1SCC2NC(=O)NC21. The fourth-order valence-corrected chi connectivity index (χ4v) is 5.51. The summed E-state index contributed by atoms with van der Waals surface area (Å²) >= 11 is 1.90. The second-order valence-electron chi connectivity index (χ2n) is 8.62. The third-order valence-corrected chi connectivity index (χ3v) is 7.38. The molecule has 8 N–H and O–H groups in total. The number of unbranched alkanes of at least 4 members (excludes halogenated alkanes) is 2. The minimum Gasteiger partial charge on any atom is -0.377 e. The Labute approximate surface area is 206 Å². The first kappa shape index (κ1) is 28.6. The van der Waals surface area contributed by atoms with Gasteiger partial charge in [0.1, 0.15) is 0 Å². The van der Waals surface area contributed by atoms with Crippen molar-refractivity contribution in [1.82, 2.24) is 21.3 Å². The van der Waals surface area contributed by atoms with E-state index in [4.69, 9.17) is 20.9 Å². The lowest BCUT2D eigenvalue weighted by Crippen LogP contribution is -2.41. The molecule has 0 aromatic rings. The van der Waals surface area contributed by atoms with Crippen LogP contribution in [0, 0.1) is 0 Å². The summed E-state index contributed by atoms with van der Waals surface area (Å²) in [6.45, 7) is 3.16. The van der Waals surface area contributed by atoms with Gasteiger partial charge in [0.05, 0.1) is 44.6 Å². The molecule has 0 spiro atoms. The number of carbonyl (C=O) groups is 3. The van der Waals surface area contributed by atoms with E-state index in [0.717, 1.165) is 37.9 Å². The maximum absolute atomic E-state index is 11.9. The van der Waals surface area contributed by atoms with E-state index < -0.39 is 6.04 Å². The Morgan fingerprint density at radius 2 is 1.76 bits per heavy atom. The van der Waals surface area contributed by atoms with E-state index >= 15 is 0 Å². The Kier molecular flexibility index (Phi) is 14.3. The van der Waals surface area contributed by atoms with Crippen molar-refractivity contribution < 1.29 is 23.9 Å². The van der Waals surface area contributed by atoms with Crippen molar-refractivity contribution in [2.45, 2.75) is 68.3 Å². The van der Waals surface area contributed by atoms with Gasteiger partial charge >= 0.3 is 6.03 Å². The van der Waals surface area contributed by atoms with E-state index in [1.807, 2.05) is 11.8 Å². The number of hydrogen-bond donors (Lipinski definition) is 6. The van der Waals surface area contributed by atoms with Gasteiger partial charge in [0.25, 0.3) is 0 Å². The van der Waals surface area contributed by atoms with Gasteiger partial charge in [-0.1, -0.05) is 12.8 Å². The maximum Gasteiger partial charge on any atom is 0.315 e. The molecule has 2 heterocycles. The van der Waals surface area contributed by atoms with Gasteiger partial charge in [0, 0.05) is 30.5 Å². The molecule has 0 aliphatic carbocycles. The lowest BCUT2D eigenvalue weighted by molar-refractivity contribution is -0.123.